The van der Waals surface area contributed by atoms with Gasteiger partial charge in [-0.05, 0) is 12.1 Å². The van der Waals surface area contributed by atoms with Gasteiger partial charge in [-0.15, -0.1) is 0 Å². The van der Waals surface area contributed by atoms with Crippen molar-refractivity contribution in [2.24, 2.45) is 0 Å². The van der Waals surface area contributed by atoms with Gasteiger partial charge in [0.1, 0.15) is 5.75 Å². The summed E-state index contributed by atoms with van der Waals surface area (Å²) < 4.78 is 5.05. The molecule has 1 aliphatic heterocycles. The molecule has 2 amide bonds. The van der Waals surface area contributed by atoms with Gasteiger partial charge in [0.15, 0.2) is 0 Å². The molecule has 2 rings (SSSR count). The molecular weight excluding hydrogens is 272 g/mol. The van der Waals surface area contributed by atoms with Crippen LogP contribution in [0.25, 0.3) is 0 Å². The molecular formula is C14H20N4O3. The maximum Gasteiger partial charge on any atom is 0.234 e. The number of nitrogens with two attached hydrogens (primary N) is 1. The van der Waals surface area contributed by atoms with Gasteiger partial charge in [0.25, 0.3) is 0 Å². The monoisotopic (exact) mass is 292 g/mol. The van der Waals surface area contributed by atoms with Gasteiger partial charge in [0.2, 0.25) is 11.8 Å². The largest absolute Gasteiger partial charge is 0.497 e. The molecule has 0 saturated carbocycles. The zero-order valence-corrected chi connectivity index (χ0v) is 12.0. The van der Waals surface area contributed by atoms with Crippen molar-refractivity contribution in [1.29, 1.82) is 0 Å². The normalized spacial score (nSPS) is 15.4. The zero-order chi connectivity index (χ0) is 15.2. The number of hydrogen-bond acceptors (Lipinski definition) is 5. The van der Waals surface area contributed by atoms with Crippen LogP contribution in [-0.4, -0.2) is 50.0 Å². The maximum absolute atomic E-state index is 11.9. The van der Waals surface area contributed by atoms with Crippen LogP contribution in [0, 0.1) is 0 Å². The van der Waals surface area contributed by atoms with Crippen LogP contribution < -0.4 is 21.1 Å². The number of nitrogens with zero attached hydrogens (tertiary/aromatic N) is 1. The van der Waals surface area contributed by atoms with E-state index in [1.165, 1.54) is 0 Å². The Bertz CT molecular complexity index is 533. The quantitative estimate of drug-likeness (QED) is 0.666. The predicted octanol–water partition coefficient (Wildman–Crippen LogP) is 0.0378. The second-order valence-electron chi connectivity index (χ2n) is 4.88. The average Bonchev–Trinajstić information content (AvgIpc) is 2.47. The maximum atomic E-state index is 11.9. The third-order valence-corrected chi connectivity index (χ3v) is 3.31. The lowest BCUT2D eigenvalue weighted by Crippen LogP contribution is -2.48. The minimum Gasteiger partial charge on any atom is -0.497 e. The predicted molar refractivity (Wildman–Crippen MR) is 80.1 cm³/mol. The van der Waals surface area contributed by atoms with Gasteiger partial charge in [0.05, 0.1) is 25.0 Å². The first-order valence-corrected chi connectivity index (χ1v) is 6.81. The van der Waals surface area contributed by atoms with E-state index in [-0.39, 0.29) is 11.8 Å². The second kappa shape index (κ2) is 6.94. The number of ether oxygens (including phenoxy) is 1. The summed E-state index contributed by atoms with van der Waals surface area (Å²) >= 11 is 0. The highest BCUT2D eigenvalue weighted by atomic mass is 16.5. The Morgan fingerprint density at radius 3 is 3.00 bits per heavy atom. The van der Waals surface area contributed by atoms with Crippen molar-refractivity contribution in [3.05, 3.63) is 18.2 Å². The molecule has 0 atom stereocenters. The molecule has 0 spiro atoms. The van der Waals surface area contributed by atoms with E-state index in [0.29, 0.717) is 43.2 Å². The number of anilines is 2. The van der Waals surface area contributed by atoms with Crippen LogP contribution in [0.2, 0.25) is 0 Å². The molecule has 1 saturated heterocycles. The van der Waals surface area contributed by atoms with Gasteiger partial charge in [-0.25, -0.2) is 0 Å². The van der Waals surface area contributed by atoms with Crippen LogP contribution in [0.5, 0.6) is 5.75 Å². The molecule has 0 aliphatic carbocycles. The number of rotatable bonds is 5. The topological polar surface area (TPSA) is 96.7 Å². The Hall–Kier alpha value is -2.28. The van der Waals surface area contributed by atoms with Crippen LogP contribution in [0.3, 0.4) is 0 Å². The van der Waals surface area contributed by atoms with E-state index in [1.807, 2.05) is 4.90 Å². The first-order chi connectivity index (χ1) is 10.1. The van der Waals surface area contributed by atoms with Gasteiger partial charge < -0.3 is 21.1 Å². The highest BCUT2D eigenvalue weighted by molar-refractivity contribution is 5.94. The Labute approximate surface area is 123 Å². The number of benzene rings is 1. The van der Waals surface area contributed by atoms with Crippen LogP contribution in [0.4, 0.5) is 11.4 Å². The summed E-state index contributed by atoms with van der Waals surface area (Å²) in [6.45, 7) is 2.29. The summed E-state index contributed by atoms with van der Waals surface area (Å²) in [6.07, 6.45) is 0.318. The molecule has 1 heterocycles. The molecule has 4 N–H and O–H groups in total. The SMILES string of the molecule is COc1ccc(NC(=O)CCN2CCNC(=O)C2)c(N)c1. The van der Waals surface area contributed by atoms with Gasteiger partial charge >= 0.3 is 0 Å². The number of hydrogen-bond donors (Lipinski definition) is 3. The number of amides is 2. The van der Waals surface area contributed by atoms with Gasteiger partial charge in [-0.2, -0.15) is 0 Å². The first kappa shape index (κ1) is 15.1. The fourth-order valence-electron chi connectivity index (χ4n) is 2.14. The van der Waals surface area contributed by atoms with E-state index in [9.17, 15) is 9.59 Å². The Balaban J connectivity index is 1.83. The van der Waals surface area contributed by atoms with Gasteiger partial charge in [-0.1, -0.05) is 0 Å². The van der Waals surface area contributed by atoms with Gasteiger partial charge in [-0.3, -0.25) is 14.5 Å². The minimum atomic E-state index is -0.127. The number of piperazine rings is 1. The summed E-state index contributed by atoms with van der Waals surface area (Å²) in [7, 11) is 1.56. The zero-order valence-electron chi connectivity index (χ0n) is 12.0. The molecule has 7 nitrogen and oxygen atoms in total. The van der Waals surface area contributed by atoms with Crippen molar-refractivity contribution in [3.63, 3.8) is 0 Å². The average molecular weight is 292 g/mol. The molecule has 1 aromatic carbocycles. The molecule has 21 heavy (non-hydrogen) atoms. The van der Waals surface area contributed by atoms with E-state index in [2.05, 4.69) is 10.6 Å². The fourth-order valence-corrected chi connectivity index (χ4v) is 2.14. The molecule has 1 aromatic rings. The lowest BCUT2D eigenvalue weighted by Gasteiger charge is -2.26. The van der Waals surface area contributed by atoms with Crippen molar-refractivity contribution in [3.8, 4) is 5.75 Å². The number of methoxy groups -OCH3 is 1. The van der Waals surface area contributed by atoms with Crippen LogP contribution >= 0.6 is 0 Å². The van der Waals surface area contributed by atoms with Crippen molar-refractivity contribution in [1.82, 2.24) is 10.2 Å². The fraction of sp³-hybridized carbons (Fsp3) is 0.429. The summed E-state index contributed by atoms with van der Waals surface area (Å²) in [5, 5.41) is 5.51. The highest BCUT2D eigenvalue weighted by Gasteiger charge is 2.16. The lowest BCUT2D eigenvalue weighted by molar-refractivity contribution is -0.125. The number of nitrogens with one attached hydrogen (secondary N) is 2. The molecule has 0 bridgehead atoms. The van der Waals surface area contributed by atoms with E-state index < -0.39 is 0 Å². The molecule has 0 radical (unpaired) electrons. The summed E-state index contributed by atoms with van der Waals surface area (Å²) in [5.74, 6) is 0.517. The van der Waals surface area contributed by atoms with E-state index in [4.69, 9.17) is 10.5 Å². The molecule has 114 valence electrons. The summed E-state index contributed by atoms with van der Waals surface area (Å²) in [4.78, 5) is 25.1. The Kier molecular flexibility index (Phi) is 4.99. The standard InChI is InChI=1S/C14H20N4O3/c1-21-10-2-3-12(11(15)8-10)17-13(19)4-6-18-7-5-16-14(20)9-18/h2-3,8H,4-7,9,15H2,1H3,(H,16,20)(H,17,19). The van der Waals surface area contributed by atoms with Crippen molar-refractivity contribution in [2.75, 3.05) is 44.3 Å². The third kappa shape index (κ3) is 4.35. The smallest absolute Gasteiger partial charge is 0.234 e. The summed E-state index contributed by atoms with van der Waals surface area (Å²) in [6, 6.07) is 5.10. The molecule has 7 heteroatoms. The van der Waals surface area contributed by atoms with E-state index >= 15 is 0 Å². The highest BCUT2D eigenvalue weighted by Crippen LogP contribution is 2.24. The van der Waals surface area contributed by atoms with Crippen LogP contribution in [-0.2, 0) is 9.59 Å². The molecule has 0 aromatic heterocycles. The van der Waals surface area contributed by atoms with Crippen molar-refractivity contribution in [2.45, 2.75) is 6.42 Å². The second-order valence-corrected chi connectivity index (χ2v) is 4.88. The number of nitrogen functional groups attached to an aromatic ring is 1. The number of carbonyl (C=O) groups is 2. The third-order valence-electron chi connectivity index (χ3n) is 3.31. The summed E-state index contributed by atoms with van der Waals surface area (Å²) in [5.41, 5.74) is 6.87. The van der Waals surface area contributed by atoms with Crippen molar-refractivity contribution >= 4 is 23.2 Å². The lowest BCUT2D eigenvalue weighted by atomic mass is 10.2. The Morgan fingerprint density at radius 1 is 1.52 bits per heavy atom. The minimum absolute atomic E-state index is 0.000979. The molecule has 1 fully saturated rings. The van der Waals surface area contributed by atoms with Crippen LogP contribution in [0.15, 0.2) is 18.2 Å². The molecule has 0 unspecified atom stereocenters. The Morgan fingerprint density at radius 2 is 2.33 bits per heavy atom. The van der Waals surface area contributed by atoms with E-state index in [0.717, 1.165) is 6.54 Å². The molecule has 1 aliphatic rings. The van der Waals surface area contributed by atoms with Gasteiger partial charge in [0, 0.05) is 32.1 Å². The first-order valence-electron chi connectivity index (χ1n) is 6.81. The van der Waals surface area contributed by atoms with E-state index in [1.54, 1.807) is 25.3 Å². The van der Waals surface area contributed by atoms with Crippen LogP contribution in [0.1, 0.15) is 6.42 Å². The van der Waals surface area contributed by atoms with Crippen molar-refractivity contribution < 1.29 is 14.3 Å². The number of carbonyl (C=O) groups excluding carboxylic acids is 2.